The Hall–Kier alpha value is -2.41. The minimum absolute atomic E-state index is 0.181. The Kier molecular flexibility index (Phi) is 6.22. The molecule has 0 bridgehead atoms. The highest BCUT2D eigenvalue weighted by atomic mass is 19.1. The van der Waals surface area contributed by atoms with Crippen LogP contribution in [0.25, 0.3) is 0 Å². The number of hydrogen-bond donors (Lipinski definition) is 2. The maximum atomic E-state index is 14.2. The van der Waals surface area contributed by atoms with Crippen LogP contribution in [0.4, 0.5) is 10.1 Å². The first-order chi connectivity index (χ1) is 12.6. The van der Waals surface area contributed by atoms with E-state index >= 15 is 0 Å². The minimum Gasteiger partial charge on any atom is -0.399 e. The van der Waals surface area contributed by atoms with Crippen LogP contribution in [0, 0.1) is 5.82 Å². The topological polar surface area (TPSA) is 78.2 Å². The van der Waals surface area contributed by atoms with E-state index in [9.17, 15) is 9.18 Å². The molecule has 0 atom stereocenters. The SMILES string of the molecule is Nc1ccc(F)c(CN(CCN2CCCCCC2)C(=O)c2ccn[nH]2)c1. The summed E-state index contributed by atoms with van der Waals surface area (Å²) >= 11 is 0. The van der Waals surface area contributed by atoms with Crippen LogP contribution in [0.1, 0.15) is 41.7 Å². The van der Waals surface area contributed by atoms with Crippen molar-refractivity contribution in [2.45, 2.75) is 32.2 Å². The summed E-state index contributed by atoms with van der Waals surface area (Å²) in [4.78, 5) is 16.9. The van der Waals surface area contributed by atoms with Crippen molar-refractivity contribution < 1.29 is 9.18 Å². The monoisotopic (exact) mass is 359 g/mol. The van der Waals surface area contributed by atoms with Crippen molar-refractivity contribution in [2.24, 2.45) is 0 Å². The molecule has 140 valence electrons. The van der Waals surface area contributed by atoms with Crippen LogP contribution < -0.4 is 5.73 Å². The zero-order valence-electron chi connectivity index (χ0n) is 15.0. The van der Waals surface area contributed by atoms with Crippen LogP contribution in [0.15, 0.2) is 30.5 Å². The van der Waals surface area contributed by atoms with Crippen LogP contribution in [-0.2, 0) is 6.54 Å². The lowest BCUT2D eigenvalue weighted by atomic mass is 10.1. The molecule has 26 heavy (non-hydrogen) atoms. The van der Waals surface area contributed by atoms with Crippen molar-refractivity contribution in [3.63, 3.8) is 0 Å². The number of nitrogen functional groups attached to an aromatic ring is 1. The van der Waals surface area contributed by atoms with Crippen molar-refractivity contribution in [1.82, 2.24) is 20.0 Å². The average molecular weight is 359 g/mol. The number of halogens is 1. The molecule has 0 saturated carbocycles. The van der Waals surface area contributed by atoms with Crippen LogP contribution in [0.3, 0.4) is 0 Å². The van der Waals surface area contributed by atoms with Gasteiger partial charge in [-0.2, -0.15) is 5.10 Å². The highest BCUT2D eigenvalue weighted by molar-refractivity contribution is 5.92. The third kappa shape index (κ3) is 4.82. The lowest BCUT2D eigenvalue weighted by Crippen LogP contribution is -2.39. The summed E-state index contributed by atoms with van der Waals surface area (Å²) in [6.07, 6.45) is 6.46. The van der Waals surface area contributed by atoms with Gasteiger partial charge in [0.15, 0.2) is 0 Å². The first kappa shape index (κ1) is 18.4. The number of nitrogens with zero attached hydrogens (tertiary/aromatic N) is 3. The quantitative estimate of drug-likeness (QED) is 0.777. The second-order valence-corrected chi connectivity index (χ2v) is 6.80. The fourth-order valence-corrected chi connectivity index (χ4v) is 3.34. The molecule has 1 aromatic carbocycles. The van der Waals surface area contributed by atoms with E-state index in [1.807, 2.05) is 0 Å². The van der Waals surface area contributed by atoms with Gasteiger partial charge in [0.05, 0.1) is 0 Å². The lowest BCUT2D eigenvalue weighted by Gasteiger charge is -2.27. The van der Waals surface area contributed by atoms with E-state index in [0.717, 1.165) is 19.6 Å². The van der Waals surface area contributed by atoms with E-state index in [0.29, 0.717) is 23.5 Å². The number of aromatic nitrogens is 2. The molecule has 7 heteroatoms. The maximum Gasteiger partial charge on any atom is 0.272 e. The number of H-pyrrole nitrogens is 1. The fourth-order valence-electron chi connectivity index (χ4n) is 3.34. The van der Waals surface area contributed by atoms with E-state index in [4.69, 9.17) is 5.73 Å². The van der Waals surface area contributed by atoms with E-state index < -0.39 is 0 Å². The van der Waals surface area contributed by atoms with Crippen molar-refractivity contribution in [3.8, 4) is 0 Å². The minimum atomic E-state index is -0.351. The Bertz CT molecular complexity index is 711. The number of carbonyl (C=O) groups is 1. The van der Waals surface area contributed by atoms with Gasteiger partial charge in [-0.1, -0.05) is 12.8 Å². The third-order valence-electron chi connectivity index (χ3n) is 4.83. The summed E-state index contributed by atoms with van der Waals surface area (Å²) in [5, 5.41) is 6.55. The van der Waals surface area contributed by atoms with Gasteiger partial charge in [-0.15, -0.1) is 0 Å². The van der Waals surface area contributed by atoms with E-state index in [2.05, 4.69) is 15.1 Å². The van der Waals surface area contributed by atoms with Gasteiger partial charge in [0.1, 0.15) is 11.5 Å². The van der Waals surface area contributed by atoms with Gasteiger partial charge in [0.25, 0.3) is 5.91 Å². The molecule has 6 nitrogen and oxygen atoms in total. The number of aromatic amines is 1. The number of amides is 1. The predicted molar refractivity (Wildman–Crippen MR) is 99.0 cm³/mol. The van der Waals surface area contributed by atoms with Crippen molar-refractivity contribution in [2.75, 3.05) is 31.9 Å². The number of anilines is 1. The van der Waals surface area contributed by atoms with Crippen LogP contribution in [-0.4, -0.2) is 52.1 Å². The summed E-state index contributed by atoms with van der Waals surface area (Å²) in [5.74, 6) is -0.532. The Morgan fingerprint density at radius 3 is 2.69 bits per heavy atom. The number of carbonyl (C=O) groups excluding carboxylic acids is 1. The van der Waals surface area contributed by atoms with Crippen LogP contribution in [0.2, 0.25) is 0 Å². The summed E-state index contributed by atoms with van der Waals surface area (Å²) in [5.41, 5.74) is 7.11. The Labute approximate surface area is 153 Å². The predicted octanol–water partition coefficient (Wildman–Crippen LogP) is 2.65. The van der Waals surface area contributed by atoms with Crippen molar-refractivity contribution >= 4 is 11.6 Å². The molecule has 2 aromatic rings. The average Bonchev–Trinajstić information content (AvgIpc) is 3.05. The summed E-state index contributed by atoms with van der Waals surface area (Å²) in [7, 11) is 0. The van der Waals surface area contributed by atoms with Gasteiger partial charge < -0.3 is 15.5 Å². The van der Waals surface area contributed by atoms with E-state index in [1.165, 1.54) is 37.8 Å². The van der Waals surface area contributed by atoms with E-state index in [1.54, 1.807) is 23.2 Å². The van der Waals surface area contributed by atoms with Gasteiger partial charge in [-0.05, 0) is 50.2 Å². The van der Waals surface area contributed by atoms with Crippen molar-refractivity contribution in [3.05, 3.63) is 47.5 Å². The number of nitrogens with one attached hydrogen (secondary N) is 1. The molecule has 1 saturated heterocycles. The largest absolute Gasteiger partial charge is 0.399 e. The zero-order valence-corrected chi connectivity index (χ0v) is 15.0. The second kappa shape index (κ2) is 8.80. The Balaban J connectivity index is 1.72. The molecule has 0 unspecified atom stereocenters. The smallest absolute Gasteiger partial charge is 0.272 e. The second-order valence-electron chi connectivity index (χ2n) is 6.80. The van der Waals surface area contributed by atoms with Gasteiger partial charge in [-0.3, -0.25) is 9.89 Å². The maximum absolute atomic E-state index is 14.2. The molecular formula is C19H26FN5O. The lowest BCUT2D eigenvalue weighted by molar-refractivity contribution is 0.0714. The Morgan fingerprint density at radius 2 is 2.00 bits per heavy atom. The molecule has 3 rings (SSSR count). The Morgan fingerprint density at radius 1 is 1.23 bits per heavy atom. The zero-order chi connectivity index (χ0) is 18.4. The third-order valence-corrected chi connectivity index (χ3v) is 4.83. The molecule has 3 N–H and O–H groups in total. The van der Waals surface area contributed by atoms with Gasteiger partial charge in [-0.25, -0.2) is 4.39 Å². The first-order valence-corrected chi connectivity index (χ1v) is 9.18. The molecule has 0 radical (unpaired) electrons. The summed E-state index contributed by atoms with van der Waals surface area (Å²) < 4.78 is 14.2. The molecule has 1 aromatic heterocycles. The number of benzene rings is 1. The molecule has 1 fully saturated rings. The molecule has 1 aliphatic heterocycles. The van der Waals surface area contributed by atoms with E-state index in [-0.39, 0.29) is 18.3 Å². The highest BCUT2D eigenvalue weighted by Crippen LogP contribution is 2.16. The number of hydrogen-bond acceptors (Lipinski definition) is 4. The molecule has 0 aliphatic carbocycles. The number of nitrogens with two attached hydrogens (primary N) is 1. The van der Waals surface area contributed by atoms with Crippen LogP contribution >= 0.6 is 0 Å². The standard InChI is InChI=1S/C19H26FN5O/c20-17-6-5-16(21)13-15(17)14-25(19(26)18-7-8-22-23-18)12-11-24-9-3-1-2-4-10-24/h5-8,13H,1-4,9-12,14,21H2,(H,22,23). The first-order valence-electron chi connectivity index (χ1n) is 9.18. The van der Waals surface area contributed by atoms with Gasteiger partial charge >= 0.3 is 0 Å². The fraction of sp³-hybridized carbons (Fsp3) is 0.474. The molecule has 0 spiro atoms. The van der Waals surface area contributed by atoms with Crippen molar-refractivity contribution in [1.29, 1.82) is 0 Å². The number of likely N-dealkylation sites (tertiary alicyclic amines) is 1. The normalized spacial score (nSPS) is 15.6. The number of rotatable bonds is 6. The summed E-state index contributed by atoms with van der Waals surface area (Å²) in [6, 6.07) is 6.10. The molecule has 1 aliphatic rings. The van der Waals surface area contributed by atoms with Gasteiger partial charge in [0.2, 0.25) is 0 Å². The van der Waals surface area contributed by atoms with Gasteiger partial charge in [0, 0.05) is 37.1 Å². The highest BCUT2D eigenvalue weighted by Gasteiger charge is 2.20. The summed E-state index contributed by atoms with van der Waals surface area (Å²) in [6.45, 7) is 3.61. The molecule has 2 heterocycles. The molecule has 1 amide bonds. The van der Waals surface area contributed by atoms with Crippen LogP contribution in [0.5, 0.6) is 0 Å². The molecular weight excluding hydrogens is 333 g/mol.